The van der Waals surface area contributed by atoms with E-state index in [1.54, 1.807) is 0 Å². The van der Waals surface area contributed by atoms with Gasteiger partial charge >= 0.3 is 0 Å². The maximum absolute atomic E-state index is 12.1. The van der Waals surface area contributed by atoms with E-state index >= 15 is 0 Å². The van der Waals surface area contributed by atoms with Gasteiger partial charge in [-0.05, 0) is 24.3 Å². The summed E-state index contributed by atoms with van der Waals surface area (Å²) in [7, 11) is -2.41. The third kappa shape index (κ3) is 3.30. The SMILES string of the molecule is COc1ccc(S(=O)(=O)Nc2nccc(Cl)n2)cc1Cl. The number of sulfonamides is 1. The smallest absolute Gasteiger partial charge is 0.264 e. The predicted octanol–water partition coefficient (Wildman–Crippen LogP) is 2.59. The first-order valence-corrected chi connectivity index (χ1v) is 7.51. The molecule has 0 saturated heterocycles. The highest BCUT2D eigenvalue weighted by Crippen LogP contribution is 2.27. The maximum atomic E-state index is 12.1. The van der Waals surface area contributed by atoms with Gasteiger partial charge in [-0.15, -0.1) is 0 Å². The summed E-state index contributed by atoms with van der Waals surface area (Å²) in [6.45, 7) is 0. The van der Waals surface area contributed by atoms with Crippen molar-refractivity contribution >= 4 is 39.2 Å². The number of hydrogen-bond acceptors (Lipinski definition) is 5. The number of nitrogens with zero attached hydrogens (tertiary/aromatic N) is 2. The van der Waals surface area contributed by atoms with Crippen molar-refractivity contribution in [2.75, 3.05) is 11.8 Å². The third-order valence-electron chi connectivity index (χ3n) is 2.28. The van der Waals surface area contributed by atoms with E-state index in [2.05, 4.69) is 14.7 Å². The number of rotatable bonds is 4. The molecule has 1 aromatic carbocycles. The molecule has 6 nitrogen and oxygen atoms in total. The van der Waals surface area contributed by atoms with Crippen LogP contribution in [-0.4, -0.2) is 25.5 Å². The summed E-state index contributed by atoms with van der Waals surface area (Å²) in [4.78, 5) is 7.47. The van der Waals surface area contributed by atoms with Crippen LogP contribution in [0.2, 0.25) is 10.2 Å². The molecule has 2 aromatic rings. The average Bonchev–Trinajstić information content (AvgIpc) is 2.38. The molecule has 0 bridgehead atoms. The van der Waals surface area contributed by atoms with Gasteiger partial charge in [-0.1, -0.05) is 23.2 Å². The summed E-state index contributed by atoms with van der Waals surface area (Å²) < 4.78 is 31.4. The fourth-order valence-corrected chi connectivity index (χ4v) is 2.81. The summed E-state index contributed by atoms with van der Waals surface area (Å²) >= 11 is 11.6. The molecule has 106 valence electrons. The van der Waals surface area contributed by atoms with Crippen LogP contribution >= 0.6 is 23.2 Å². The lowest BCUT2D eigenvalue weighted by atomic mass is 10.3. The number of aromatic nitrogens is 2. The zero-order valence-corrected chi connectivity index (χ0v) is 12.5. The molecule has 9 heteroatoms. The largest absolute Gasteiger partial charge is 0.495 e. The van der Waals surface area contributed by atoms with Gasteiger partial charge in [0.15, 0.2) is 0 Å². The third-order valence-corrected chi connectivity index (χ3v) is 4.11. The molecule has 20 heavy (non-hydrogen) atoms. The summed E-state index contributed by atoms with van der Waals surface area (Å²) in [5.74, 6) is 0.258. The van der Waals surface area contributed by atoms with Crippen LogP contribution < -0.4 is 9.46 Å². The van der Waals surface area contributed by atoms with Crippen LogP contribution in [0.4, 0.5) is 5.95 Å². The predicted molar refractivity (Wildman–Crippen MR) is 75.9 cm³/mol. The van der Waals surface area contributed by atoms with E-state index in [-0.39, 0.29) is 21.0 Å². The Balaban J connectivity index is 2.33. The second kappa shape index (κ2) is 5.82. The van der Waals surface area contributed by atoms with Crippen molar-refractivity contribution in [3.8, 4) is 5.75 Å². The first-order chi connectivity index (χ1) is 9.42. The average molecular weight is 334 g/mol. The molecule has 1 aromatic heterocycles. The Morgan fingerprint density at radius 2 is 2.00 bits per heavy atom. The highest BCUT2D eigenvalue weighted by Gasteiger charge is 2.17. The zero-order chi connectivity index (χ0) is 14.8. The molecular weight excluding hydrogens is 325 g/mol. The van der Waals surface area contributed by atoms with Crippen LogP contribution in [0.1, 0.15) is 0 Å². The lowest BCUT2D eigenvalue weighted by Gasteiger charge is -2.08. The molecule has 0 amide bonds. The summed E-state index contributed by atoms with van der Waals surface area (Å²) in [5.41, 5.74) is 0. The van der Waals surface area contributed by atoms with Gasteiger partial charge in [-0.25, -0.2) is 23.1 Å². The fraction of sp³-hybridized carbons (Fsp3) is 0.0909. The number of methoxy groups -OCH3 is 1. The van der Waals surface area contributed by atoms with Gasteiger partial charge < -0.3 is 4.74 Å². The highest BCUT2D eigenvalue weighted by molar-refractivity contribution is 7.92. The van der Waals surface area contributed by atoms with Gasteiger partial charge in [-0.3, -0.25) is 0 Å². The number of anilines is 1. The molecule has 0 aliphatic rings. The van der Waals surface area contributed by atoms with Gasteiger partial charge in [-0.2, -0.15) is 0 Å². The Morgan fingerprint density at radius 3 is 2.60 bits per heavy atom. The summed E-state index contributed by atoms with van der Waals surface area (Å²) in [6.07, 6.45) is 1.34. The van der Waals surface area contributed by atoms with Gasteiger partial charge in [0.1, 0.15) is 10.9 Å². The Morgan fingerprint density at radius 1 is 1.25 bits per heavy atom. The second-order valence-corrected chi connectivity index (χ2v) is 6.08. The number of nitrogens with one attached hydrogen (secondary N) is 1. The van der Waals surface area contributed by atoms with Gasteiger partial charge in [0, 0.05) is 6.20 Å². The summed E-state index contributed by atoms with van der Waals surface area (Å²) in [5, 5.41) is 0.313. The molecule has 0 spiro atoms. The minimum atomic E-state index is -3.85. The van der Waals surface area contributed by atoms with E-state index in [1.165, 1.54) is 37.6 Å². The molecule has 1 N–H and O–H groups in total. The zero-order valence-electron chi connectivity index (χ0n) is 10.2. The Labute approximate surface area is 125 Å². The maximum Gasteiger partial charge on any atom is 0.264 e. The lowest BCUT2D eigenvalue weighted by molar-refractivity contribution is 0.414. The van der Waals surface area contributed by atoms with Crippen molar-refractivity contribution < 1.29 is 13.2 Å². The van der Waals surface area contributed by atoms with Gasteiger partial charge in [0.2, 0.25) is 5.95 Å². The minimum absolute atomic E-state index is 0.0353. The molecule has 0 atom stereocenters. The normalized spacial score (nSPS) is 11.2. The fourth-order valence-electron chi connectivity index (χ4n) is 1.38. The number of ether oxygens (including phenoxy) is 1. The molecule has 0 saturated carbocycles. The molecule has 0 radical (unpaired) electrons. The highest BCUT2D eigenvalue weighted by atomic mass is 35.5. The quantitative estimate of drug-likeness (QED) is 0.869. The molecule has 0 aliphatic carbocycles. The lowest BCUT2D eigenvalue weighted by Crippen LogP contribution is -2.15. The Bertz CT molecular complexity index is 737. The Hall–Kier alpha value is -1.57. The molecule has 0 unspecified atom stereocenters. The molecule has 0 fully saturated rings. The van der Waals surface area contributed by atoms with E-state index < -0.39 is 10.0 Å². The van der Waals surface area contributed by atoms with Gasteiger partial charge in [0.25, 0.3) is 10.0 Å². The van der Waals surface area contributed by atoms with E-state index in [0.717, 1.165) is 0 Å². The van der Waals surface area contributed by atoms with E-state index in [4.69, 9.17) is 27.9 Å². The van der Waals surface area contributed by atoms with Gasteiger partial charge in [0.05, 0.1) is 17.0 Å². The molecule has 2 rings (SSSR count). The van der Waals surface area contributed by atoms with E-state index in [9.17, 15) is 8.42 Å². The van der Waals surface area contributed by atoms with Crippen LogP contribution in [0, 0.1) is 0 Å². The van der Waals surface area contributed by atoms with Crippen molar-refractivity contribution in [2.45, 2.75) is 4.90 Å². The van der Waals surface area contributed by atoms with Crippen LogP contribution in [0.15, 0.2) is 35.4 Å². The minimum Gasteiger partial charge on any atom is -0.495 e. The molecule has 1 heterocycles. The monoisotopic (exact) mass is 333 g/mol. The number of hydrogen-bond donors (Lipinski definition) is 1. The van der Waals surface area contributed by atoms with Crippen molar-refractivity contribution in [3.63, 3.8) is 0 Å². The van der Waals surface area contributed by atoms with Crippen molar-refractivity contribution in [3.05, 3.63) is 40.6 Å². The topological polar surface area (TPSA) is 81.2 Å². The second-order valence-electron chi connectivity index (χ2n) is 3.60. The van der Waals surface area contributed by atoms with Crippen LogP contribution in [0.3, 0.4) is 0 Å². The van der Waals surface area contributed by atoms with Crippen LogP contribution in [0.25, 0.3) is 0 Å². The van der Waals surface area contributed by atoms with Crippen LogP contribution in [0.5, 0.6) is 5.75 Å². The Kier molecular flexibility index (Phi) is 4.32. The molecule has 0 aliphatic heterocycles. The number of benzene rings is 1. The van der Waals surface area contributed by atoms with Crippen LogP contribution in [-0.2, 0) is 10.0 Å². The molecular formula is C11H9Cl2N3O3S. The first kappa shape index (κ1) is 14.8. The summed E-state index contributed by atoms with van der Waals surface area (Å²) in [6, 6.07) is 5.52. The standard InChI is InChI=1S/C11H9Cl2N3O3S/c1-19-9-3-2-7(6-8(9)12)20(17,18)16-11-14-5-4-10(13)15-11/h2-6H,1H3,(H,14,15,16). The first-order valence-electron chi connectivity index (χ1n) is 5.27. The van der Waals surface area contributed by atoms with Crippen molar-refractivity contribution in [1.82, 2.24) is 9.97 Å². The van der Waals surface area contributed by atoms with Crippen molar-refractivity contribution in [1.29, 1.82) is 0 Å². The van der Waals surface area contributed by atoms with E-state index in [0.29, 0.717) is 5.75 Å². The number of halogens is 2. The van der Waals surface area contributed by atoms with Crippen molar-refractivity contribution in [2.24, 2.45) is 0 Å². The van der Waals surface area contributed by atoms with E-state index in [1.807, 2.05) is 0 Å².